The fourth-order valence-electron chi connectivity index (χ4n) is 7.58. The zero-order valence-electron chi connectivity index (χ0n) is 31.0. The van der Waals surface area contributed by atoms with Gasteiger partial charge in [-0.1, -0.05) is 63.2 Å². The Balaban J connectivity index is 1.22. The molecule has 0 aromatic heterocycles. The minimum absolute atomic E-state index is 0.0250. The standard InChI is InChI=1S/C43H53N3O5/c1-41(2,3)34-22-25-43(26-23-34)45-37(30-18-20-35(21-19-30)50-28-29-10-8-7-9-11-29)40(49)46(43)38(31-12-13-31)32-14-16-33(17-15-32)39(48)44-27-24-36(47)51-42(4,5)6/h7-11,14-21,31,34,38H,12-13,22-28H2,1-6H3,(H,44,48)/t34?,38-,43?/m1/s1. The summed E-state index contributed by atoms with van der Waals surface area (Å²) < 4.78 is 11.4. The molecule has 6 rings (SSSR count). The highest BCUT2D eigenvalue weighted by molar-refractivity contribution is 6.46. The molecule has 2 aliphatic carbocycles. The first kappa shape index (κ1) is 36.3. The van der Waals surface area contributed by atoms with E-state index in [9.17, 15) is 14.4 Å². The molecule has 2 amide bonds. The molecular weight excluding hydrogens is 638 g/mol. The van der Waals surface area contributed by atoms with Crippen molar-refractivity contribution in [3.8, 4) is 5.75 Å². The Morgan fingerprint density at radius 3 is 2.12 bits per heavy atom. The van der Waals surface area contributed by atoms with Crippen LogP contribution in [0.5, 0.6) is 5.75 Å². The third-order valence-corrected chi connectivity index (χ3v) is 10.5. The van der Waals surface area contributed by atoms with E-state index in [1.807, 2.05) is 99.6 Å². The summed E-state index contributed by atoms with van der Waals surface area (Å²) in [5.41, 5.74) is 2.97. The van der Waals surface area contributed by atoms with Gasteiger partial charge >= 0.3 is 5.97 Å². The second-order valence-electron chi connectivity index (χ2n) is 16.6. The minimum atomic E-state index is -0.610. The second-order valence-corrected chi connectivity index (χ2v) is 16.6. The van der Waals surface area contributed by atoms with Crippen LogP contribution < -0.4 is 10.1 Å². The summed E-state index contributed by atoms with van der Waals surface area (Å²) >= 11 is 0. The summed E-state index contributed by atoms with van der Waals surface area (Å²) in [6, 6.07) is 25.3. The highest BCUT2D eigenvalue weighted by atomic mass is 16.6. The second kappa shape index (κ2) is 14.6. The van der Waals surface area contributed by atoms with Crippen LogP contribution in [0.15, 0.2) is 83.9 Å². The van der Waals surface area contributed by atoms with Crippen LogP contribution in [-0.4, -0.2) is 46.2 Å². The van der Waals surface area contributed by atoms with Gasteiger partial charge in [-0.25, -0.2) is 0 Å². The Morgan fingerprint density at radius 1 is 0.882 bits per heavy atom. The summed E-state index contributed by atoms with van der Waals surface area (Å²) in [6.45, 7) is 13.1. The molecule has 0 radical (unpaired) electrons. The van der Waals surface area contributed by atoms with E-state index in [-0.39, 0.29) is 42.2 Å². The Bertz CT molecular complexity index is 1720. The number of hydrogen-bond donors (Lipinski definition) is 1. The summed E-state index contributed by atoms with van der Waals surface area (Å²) in [7, 11) is 0. The van der Waals surface area contributed by atoms with Crippen molar-refractivity contribution in [1.29, 1.82) is 0 Å². The van der Waals surface area contributed by atoms with E-state index in [4.69, 9.17) is 14.5 Å². The Morgan fingerprint density at radius 2 is 1.53 bits per heavy atom. The molecule has 3 aromatic carbocycles. The highest BCUT2D eigenvalue weighted by Gasteiger charge is 2.55. The first-order chi connectivity index (χ1) is 24.2. The quantitative estimate of drug-likeness (QED) is 0.204. The van der Waals surface area contributed by atoms with E-state index in [0.29, 0.717) is 29.7 Å². The number of ether oxygens (including phenoxy) is 2. The average molecular weight is 692 g/mol. The van der Waals surface area contributed by atoms with Crippen LogP contribution >= 0.6 is 0 Å². The molecular formula is C43H53N3O5. The van der Waals surface area contributed by atoms with Gasteiger partial charge < -0.3 is 19.7 Å². The Hall–Kier alpha value is -4.46. The molecule has 2 saturated carbocycles. The van der Waals surface area contributed by atoms with Crippen molar-refractivity contribution in [3.05, 3.63) is 101 Å². The van der Waals surface area contributed by atoms with Gasteiger partial charge in [-0.15, -0.1) is 0 Å². The number of esters is 1. The van der Waals surface area contributed by atoms with Crippen molar-refractivity contribution in [1.82, 2.24) is 10.2 Å². The van der Waals surface area contributed by atoms with Gasteiger partial charge in [0, 0.05) is 17.7 Å². The molecule has 1 heterocycles. The molecule has 51 heavy (non-hydrogen) atoms. The predicted octanol–water partition coefficient (Wildman–Crippen LogP) is 8.44. The number of hydrogen-bond acceptors (Lipinski definition) is 6. The van der Waals surface area contributed by atoms with E-state index >= 15 is 0 Å². The minimum Gasteiger partial charge on any atom is -0.489 e. The molecule has 1 aliphatic heterocycles. The van der Waals surface area contributed by atoms with Gasteiger partial charge in [0.1, 0.15) is 29.3 Å². The van der Waals surface area contributed by atoms with E-state index in [1.165, 1.54) is 0 Å². The van der Waals surface area contributed by atoms with Gasteiger partial charge in [0.05, 0.1) is 12.5 Å². The first-order valence-electron chi connectivity index (χ1n) is 18.5. The number of aliphatic imine (C=N–C) groups is 1. The number of amides is 2. The van der Waals surface area contributed by atoms with Crippen molar-refractivity contribution >= 4 is 23.5 Å². The topological polar surface area (TPSA) is 97.3 Å². The Kier molecular flexibility index (Phi) is 10.4. The van der Waals surface area contributed by atoms with Crippen LogP contribution in [0.25, 0.3) is 0 Å². The molecule has 0 saturated heterocycles. The van der Waals surface area contributed by atoms with E-state index < -0.39 is 11.3 Å². The molecule has 1 N–H and O–H groups in total. The maximum Gasteiger partial charge on any atom is 0.308 e. The van der Waals surface area contributed by atoms with Gasteiger partial charge in [-0.2, -0.15) is 0 Å². The van der Waals surface area contributed by atoms with Crippen molar-refractivity contribution in [2.24, 2.45) is 22.2 Å². The van der Waals surface area contributed by atoms with Gasteiger partial charge in [-0.3, -0.25) is 19.4 Å². The molecule has 270 valence electrons. The lowest BCUT2D eigenvalue weighted by Gasteiger charge is -2.47. The lowest BCUT2D eigenvalue weighted by molar-refractivity contribution is -0.154. The summed E-state index contributed by atoms with van der Waals surface area (Å²) in [5, 5.41) is 2.84. The van der Waals surface area contributed by atoms with E-state index in [0.717, 1.165) is 61.0 Å². The lowest BCUT2D eigenvalue weighted by atomic mass is 9.69. The number of carbonyl (C=O) groups excluding carboxylic acids is 3. The molecule has 0 unspecified atom stereocenters. The number of nitrogens with one attached hydrogen (secondary N) is 1. The molecule has 0 bridgehead atoms. The van der Waals surface area contributed by atoms with Crippen LogP contribution in [0.3, 0.4) is 0 Å². The zero-order chi connectivity index (χ0) is 36.4. The SMILES string of the molecule is CC(C)(C)OC(=O)CCNC(=O)c1ccc([C@@H](C2CC2)N2C(=O)C(c3ccc(OCc4ccccc4)cc3)=NC23CCC(C(C)(C)C)CC3)cc1. The summed E-state index contributed by atoms with van der Waals surface area (Å²) in [4.78, 5) is 47.3. The van der Waals surface area contributed by atoms with Crippen molar-refractivity contribution in [2.45, 2.75) is 110 Å². The van der Waals surface area contributed by atoms with Gasteiger partial charge in [-0.05, 0) is 124 Å². The number of benzene rings is 3. The van der Waals surface area contributed by atoms with Crippen LogP contribution in [-0.2, 0) is 20.9 Å². The largest absolute Gasteiger partial charge is 0.489 e. The fourth-order valence-corrected chi connectivity index (χ4v) is 7.58. The van der Waals surface area contributed by atoms with Gasteiger partial charge in [0.25, 0.3) is 11.8 Å². The average Bonchev–Trinajstić information content (AvgIpc) is 3.89. The molecule has 2 fully saturated rings. The third kappa shape index (κ3) is 8.71. The molecule has 1 atom stereocenters. The van der Waals surface area contributed by atoms with Crippen LogP contribution in [0.1, 0.15) is 120 Å². The normalized spacial score (nSPS) is 21.3. The number of nitrogens with zero attached hydrogens (tertiary/aromatic N) is 2. The zero-order valence-corrected chi connectivity index (χ0v) is 31.0. The highest BCUT2D eigenvalue weighted by Crippen LogP contribution is 2.54. The van der Waals surface area contributed by atoms with Crippen LogP contribution in [0.2, 0.25) is 0 Å². The maximum absolute atomic E-state index is 14.7. The van der Waals surface area contributed by atoms with Crippen molar-refractivity contribution < 1.29 is 23.9 Å². The Labute approximate surface area is 303 Å². The maximum atomic E-state index is 14.7. The lowest BCUT2D eigenvalue weighted by Crippen LogP contribution is -2.52. The molecule has 1 spiro atoms. The number of rotatable bonds is 11. The van der Waals surface area contributed by atoms with Crippen LogP contribution in [0, 0.1) is 17.3 Å². The molecule has 8 nitrogen and oxygen atoms in total. The van der Waals surface area contributed by atoms with Crippen molar-refractivity contribution in [2.75, 3.05) is 6.54 Å². The smallest absolute Gasteiger partial charge is 0.308 e. The molecule has 3 aromatic rings. The van der Waals surface area contributed by atoms with Gasteiger partial charge in [0.15, 0.2) is 0 Å². The third-order valence-electron chi connectivity index (χ3n) is 10.5. The molecule has 3 aliphatic rings. The first-order valence-corrected chi connectivity index (χ1v) is 18.5. The predicted molar refractivity (Wildman–Crippen MR) is 199 cm³/mol. The van der Waals surface area contributed by atoms with E-state index in [1.54, 1.807) is 0 Å². The number of carbonyl (C=O) groups is 3. The van der Waals surface area contributed by atoms with Crippen LogP contribution in [0.4, 0.5) is 0 Å². The fraction of sp³-hybridized carbons (Fsp3) is 0.488. The summed E-state index contributed by atoms with van der Waals surface area (Å²) in [6.07, 6.45) is 5.86. The van der Waals surface area contributed by atoms with Gasteiger partial charge in [0.2, 0.25) is 0 Å². The monoisotopic (exact) mass is 691 g/mol. The summed E-state index contributed by atoms with van der Waals surface area (Å²) in [5.74, 6) is 1.03. The van der Waals surface area contributed by atoms with E-state index in [2.05, 4.69) is 31.0 Å². The van der Waals surface area contributed by atoms with Crippen molar-refractivity contribution in [3.63, 3.8) is 0 Å². The molecule has 8 heteroatoms.